The number of nitrogens with zero attached hydrogens (tertiary/aromatic N) is 6. The summed E-state index contributed by atoms with van der Waals surface area (Å²) in [6.07, 6.45) is 6.05. The molecule has 1 amide bonds. The Morgan fingerprint density at radius 3 is 2.96 bits per heavy atom. The number of hydrogen-bond acceptors (Lipinski definition) is 6. The van der Waals surface area contributed by atoms with Crippen molar-refractivity contribution in [2.75, 3.05) is 24.5 Å². The molecule has 1 saturated heterocycles. The van der Waals surface area contributed by atoms with Gasteiger partial charge in [0.05, 0.1) is 11.7 Å². The highest BCUT2D eigenvalue weighted by molar-refractivity contribution is 7.09. The monoisotopic (exact) mass is 388 g/mol. The molecule has 0 aromatic carbocycles. The molecule has 8 heteroatoms. The Kier molecular flexibility index (Phi) is 5.16. The first-order chi connectivity index (χ1) is 13.1. The van der Waals surface area contributed by atoms with Crippen molar-refractivity contribution in [1.29, 1.82) is 0 Å². The molecule has 1 atom stereocenters. The van der Waals surface area contributed by atoms with E-state index in [2.05, 4.69) is 33.2 Å². The van der Waals surface area contributed by atoms with Crippen LogP contribution in [-0.2, 0) is 26.3 Å². The summed E-state index contributed by atoms with van der Waals surface area (Å²) in [5.74, 6) is 1.07. The molecule has 27 heavy (non-hydrogen) atoms. The highest BCUT2D eigenvalue weighted by Crippen LogP contribution is 2.29. The van der Waals surface area contributed by atoms with Crippen molar-refractivity contribution >= 4 is 22.6 Å². The number of likely N-dealkylation sites (N-methyl/N-ethyl adjacent to an activating group) is 1. The van der Waals surface area contributed by atoms with E-state index in [0.29, 0.717) is 6.54 Å². The van der Waals surface area contributed by atoms with Crippen molar-refractivity contribution in [2.45, 2.75) is 58.4 Å². The normalized spacial score (nSPS) is 18.9. The third-order valence-corrected chi connectivity index (χ3v) is 6.49. The van der Waals surface area contributed by atoms with Crippen molar-refractivity contribution in [3.05, 3.63) is 22.8 Å². The molecule has 4 rings (SSSR count). The minimum atomic E-state index is 0.131. The lowest BCUT2D eigenvalue weighted by Crippen LogP contribution is -2.43. The molecule has 0 radical (unpaired) electrons. The summed E-state index contributed by atoms with van der Waals surface area (Å²) in [6.45, 7) is 6.70. The fourth-order valence-corrected chi connectivity index (χ4v) is 5.11. The Morgan fingerprint density at radius 2 is 2.19 bits per heavy atom. The van der Waals surface area contributed by atoms with Crippen LogP contribution < -0.4 is 4.90 Å². The molecule has 0 bridgehead atoms. The SMILES string of the molecule is CCCc1nsc(N2CCC(N(CC)C(=O)c3c4c(nn3C)CCC4)C2)n1. The first-order valence-corrected chi connectivity index (χ1v) is 10.8. The molecular weight excluding hydrogens is 360 g/mol. The summed E-state index contributed by atoms with van der Waals surface area (Å²) in [4.78, 5) is 22.3. The predicted molar refractivity (Wildman–Crippen MR) is 106 cm³/mol. The number of carbonyl (C=O) groups excluding carboxylic acids is 1. The molecule has 1 fully saturated rings. The van der Waals surface area contributed by atoms with E-state index in [4.69, 9.17) is 0 Å². The summed E-state index contributed by atoms with van der Waals surface area (Å²) >= 11 is 1.48. The fourth-order valence-electron chi connectivity index (χ4n) is 4.36. The largest absolute Gasteiger partial charge is 0.345 e. The molecule has 0 N–H and O–H groups in total. The molecule has 1 unspecified atom stereocenters. The summed E-state index contributed by atoms with van der Waals surface area (Å²) in [5, 5.41) is 5.57. The Hall–Kier alpha value is -1.96. The lowest BCUT2D eigenvalue weighted by Gasteiger charge is -2.28. The van der Waals surface area contributed by atoms with Crippen molar-refractivity contribution in [2.24, 2.45) is 7.05 Å². The zero-order valence-electron chi connectivity index (χ0n) is 16.4. The number of aromatic nitrogens is 4. The van der Waals surface area contributed by atoms with Crippen molar-refractivity contribution in [3.8, 4) is 0 Å². The maximum Gasteiger partial charge on any atom is 0.272 e. The van der Waals surface area contributed by atoms with Gasteiger partial charge in [0.25, 0.3) is 5.91 Å². The highest BCUT2D eigenvalue weighted by Gasteiger charge is 2.35. The van der Waals surface area contributed by atoms with Crippen LogP contribution in [0.4, 0.5) is 5.13 Å². The van der Waals surface area contributed by atoms with Gasteiger partial charge in [-0.1, -0.05) is 6.92 Å². The maximum absolute atomic E-state index is 13.4. The van der Waals surface area contributed by atoms with E-state index in [1.807, 2.05) is 11.9 Å². The van der Waals surface area contributed by atoms with Crippen LogP contribution >= 0.6 is 11.5 Å². The van der Waals surface area contributed by atoms with Gasteiger partial charge in [-0.05, 0) is 39.0 Å². The van der Waals surface area contributed by atoms with Gasteiger partial charge in [-0.15, -0.1) is 0 Å². The van der Waals surface area contributed by atoms with Gasteiger partial charge in [-0.25, -0.2) is 4.98 Å². The summed E-state index contributed by atoms with van der Waals surface area (Å²) < 4.78 is 6.26. The molecule has 2 aromatic rings. The van der Waals surface area contributed by atoms with Gasteiger partial charge in [0.1, 0.15) is 11.5 Å². The van der Waals surface area contributed by atoms with Crippen molar-refractivity contribution in [3.63, 3.8) is 0 Å². The molecule has 0 saturated carbocycles. The van der Waals surface area contributed by atoms with Gasteiger partial charge in [0.2, 0.25) is 5.13 Å². The summed E-state index contributed by atoms with van der Waals surface area (Å²) in [5.41, 5.74) is 3.08. The number of amides is 1. The molecule has 0 spiro atoms. The Labute approximate surface area is 164 Å². The minimum absolute atomic E-state index is 0.131. The minimum Gasteiger partial charge on any atom is -0.345 e. The van der Waals surface area contributed by atoms with Crippen LogP contribution in [0.25, 0.3) is 0 Å². The Morgan fingerprint density at radius 1 is 1.33 bits per heavy atom. The summed E-state index contributed by atoms with van der Waals surface area (Å²) in [6, 6.07) is 0.216. The average molecular weight is 389 g/mol. The lowest BCUT2D eigenvalue weighted by molar-refractivity contribution is 0.0692. The van der Waals surface area contributed by atoms with Crippen LogP contribution in [0.2, 0.25) is 0 Å². The van der Waals surface area contributed by atoms with E-state index >= 15 is 0 Å². The Balaban J connectivity index is 1.49. The fraction of sp³-hybridized carbons (Fsp3) is 0.684. The zero-order chi connectivity index (χ0) is 19.0. The number of hydrogen-bond donors (Lipinski definition) is 0. The van der Waals surface area contributed by atoms with E-state index < -0.39 is 0 Å². The standard InChI is InChI=1S/C19H28N6OS/c1-4-7-16-20-19(27-22-16)24-11-10-13(12-24)25(5-2)18(26)17-14-8-6-9-15(14)21-23(17)3/h13H,4-12H2,1-3H3. The number of carbonyl (C=O) groups is 1. The van der Waals surface area contributed by atoms with Crippen LogP contribution in [-0.4, -0.2) is 55.6 Å². The third kappa shape index (κ3) is 3.35. The van der Waals surface area contributed by atoms with Crippen LogP contribution in [0.1, 0.15) is 60.7 Å². The number of rotatable bonds is 6. The van der Waals surface area contributed by atoms with Gasteiger partial charge >= 0.3 is 0 Å². The van der Waals surface area contributed by atoms with Gasteiger partial charge in [0, 0.05) is 50.2 Å². The second-order valence-corrected chi connectivity index (χ2v) is 8.20. The van der Waals surface area contributed by atoms with Crippen molar-refractivity contribution < 1.29 is 4.79 Å². The molecular formula is C19H28N6OS. The number of aryl methyl sites for hydroxylation is 3. The molecule has 146 valence electrons. The Bertz CT molecular complexity index is 828. The van der Waals surface area contributed by atoms with E-state index in [9.17, 15) is 4.79 Å². The van der Waals surface area contributed by atoms with Gasteiger partial charge < -0.3 is 9.80 Å². The average Bonchev–Trinajstić information content (AvgIpc) is 3.39. The van der Waals surface area contributed by atoms with Crippen LogP contribution in [0, 0.1) is 0 Å². The highest BCUT2D eigenvalue weighted by atomic mass is 32.1. The molecule has 7 nitrogen and oxygen atoms in total. The number of anilines is 1. The smallest absolute Gasteiger partial charge is 0.272 e. The van der Waals surface area contributed by atoms with Gasteiger partial charge in [0.15, 0.2) is 0 Å². The van der Waals surface area contributed by atoms with E-state index in [1.54, 1.807) is 4.68 Å². The van der Waals surface area contributed by atoms with Crippen molar-refractivity contribution in [1.82, 2.24) is 24.0 Å². The maximum atomic E-state index is 13.4. The van der Waals surface area contributed by atoms with E-state index in [0.717, 1.165) is 74.0 Å². The third-order valence-electron chi connectivity index (χ3n) is 5.68. The molecule has 3 heterocycles. The zero-order valence-corrected chi connectivity index (χ0v) is 17.3. The second kappa shape index (κ2) is 7.58. The summed E-state index contributed by atoms with van der Waals surface area (Å²) in [7, 11) is 1.90. The predicted octanol–water partition coefficient (Wildman–Crippen LogP) is 2.45. The van der Waals surface area contributed by atoms with E-state index in [-0.39, 0.29) is 11.9 Å². The first kappa shape index (κ1) is 18.4. The van der Waals surface area contributed by atoms with E-state index in [1.165, 1.54) is 17.1 Å². The molecule has 1 aliphatic heterocycles. The first-order valence-electron chi connectivity index (χ1n) is 10.1. The number of fused-ring (bicyclic) bond motifs is 1. The van der Waals surface area contributed by atoms with Crippen LogP contribution in [0.15, 0.2) is 0 Å². The lowest BCUT2D eigenvalue weighted by atomic mass is 10.1. The topological polar surface area (TPSA) is 67.2 Å². The van der Waals surface area contributed by atoms with Crippen LogP contribution in [0.3, 0.4) is 0 Å². The molecule has 2 aromatic heterocycles. The second-order valence-electron chi connectivity index (χ2n) is 7.47. The molecule has 1 aliphatic carbocycles. The molecule has 2 aliphatic rings. The van der Waals surface area contributed by atoms with Gasteiger partial charge in [-0.2, -0.15) is 9.47 Å². The van der Waals surface area contributed by atoms with Crippen LogP contribution in [0.5, 0.6) is 0 Å². The van der Waals surface area contributed by atoms with Gasteiger partial charge in [-0.3, -0.25) is 9.48 Å². The quantitative estimate of drug-likeness (QED) is 0.760.